The second kappa shape index (κ2) is 6.20. The van der Waals surface area contributed by atoms with E-state index in [0.717, 1.165) is 16.5 Å². The third-order valence-corrected chi connectivity index (χ3v) is 2.67. The highest BCUT2D eigenvalue weighted by Crippen LogP contribution is 2.22. The van der Waals surface area contributed by atoms with Crippen molar-refractivity contribution in [3.8, 4) is 5.75 Å². The molecule has 0 aliphatic rings. The standard InChI is InChI=1S/C15H16O4/c1-3-18-15(16)13-5-4-12-9-14(19-10-17-2)7-6-11(12)8-13/h4-9H,3,10H2,1-2H3. The number of esters is 1. The molecular weight excluding hydrogens is 244 g/mol. The van der Waals surface area contributed by atoms with Crippen LogP contribution in [0, 0.1) is 0 Å². The van der Waals surface area contributed by atoms with Gasteiger partial charge in [-0.1, -0.05) is 12.1 Å². The summed E-state index contributed by atoms with van der Waals surface area (Å²) >= 11 is 0. The van der Waals surface area contributed by atoms with Crippen LogP contribution < -0.4 is 4.74 Å². The third-order valence-electron chi connectivity index (χ3n) is 2.67. The van der Waals surface area contributed by atoms with Gasteiger partial charge in [0.2, 0.25) is 0 Å². The van der Waals surface area contributed by atoms with Gasteiger partial charge < -0.3 is 14.2 Å². The second-order valence-electron chi connectivity index (χ2n) is 4.00. The van der Waals surface area contributed by atoms with Gasteiger partial charge in [0.1, 0.15) is 5.75 Å². The number of benzene rings is 2. The van der Waals surface area contributed by atoms with E-state index < -0.39 is 0 Å². The van der Waals surface area contributed by atoms with E-state index >= 15 is 0 Å². The van der Waals surface area contributed by atoms with Crippen molar-refractivity contribution >= 4 is 16.7 Å². The molecule has 0 bridgehead atoms. The van der Waals surface area contributed by atoms with Crippen molar-refractivity contribution in [3.63, 3.8) is 0 Å². The molecule has 0 aliphatic heterocycles. The van der Waals surface area contributed by atoms with Crippen molar-refractivity contribution < 1.29 is 19.0 Å². The maximum atomic E-state index is 11.6. The van der Waals surface area contributed by atoms with E-state index in [0.29, 0.717) is 12.2 Å². The molecule has 100 valence electrons. The Morgan fingerprint density at radius 2 is 1.84 bits per heavy atom. The normalized spacial score (nSPS) is 10.4. The molecule has 2 rings (SSSR count). The molecule has 0 unspecified atom stereocenters. The first-order valence-electron chi connectivity index (χ1n) is 6.07. The molecule has 0 spiro atoms. The molecule has 2 aromatic carbocycles. The Kier molecular flexibility index (Phi) is 4.36. The Bertz CT molecular complexity index is 577. The van der Waals surface area contributed by atoms with Crippen molar-refractivity contribution in [1.82, 2.24) is 0 Å². The summed E-state index contributed by atoms with van der Waals surface area (Å²) in [5.74, 6) is 0.433. The molecule has 0 N–H and O–H groups in total. The quantitative estimate of drug-likeness (QED) is 0.612. The molecule has 0 saturated heterocycles. The number of carbonyl (C=O) groups excluding carboxylic acids is 1. The maximum Gasteiger partial charge on any atom is 0.338 e. The van der Waals surface area contributed by atoms with Gasteiger partial charge in [-0.05, 0) is 42.0 Å². The van der Waals surface area contributed by atoms with E-state index in [9.17, 15) is 4.79 Å². The highest BCUT2D eigenvalue weighted by atomic mass is 16.7. The second-order valence-corrected chi connectivity index (χ2v) is 4.00. The van der Waals surface area contributed by atoms with E-state index in [2.05, 4.69) is 0 Å². The molecule has 0 fully saturated rings. The van der Waals surface area contributed by atoms with Crippen LogP contribution in [-0.2, 0) is 9.47 Å². The van der Waals surface area contributed by atoms with Crippen molar-refractivity contribution in [2.45, 2.75) is 6.92 Å². The maximum absolute atomic E-state index is 11.6. The van der Waals surface area contributed by atoms with Gasteiger partial charge in [-0.25, -0.2) is 4.79 Å². The van der Waals surface area contributed by atoms with Crippen LogP contribution in [0.1, 0.15) is 17.3 Å². The minimum Gasteiger partial charge on any atom is -0.468 e. The highest BCUT2D eigenvalue weighted by Gasteiger charge is 2.07. The Balaban J connectivity index is 2.27. The predicted octanol–water partition coefficient (Wildman–Crippen LogP) is 3.00. The lowest BCUT2D eigenvalue weighted by molar-refractivity contribution is 0.0511. The summed E-state index contributed by atoms with van der Waals surface area (Å²) < 4.78 is 15.2. The topological polar surface area (TPSA) is 44.8 Å². The Morgan fingerprint density at radius 1 is 1.11 bits per heavy atom. The Hall–Kier alpha value is -2.07. The van der Waals surface area contributed by atoms with Gasteiger partial charge in [0.05, 0.1) is 12.2 Å². The number of fused-ring (bicyclic) bond motifs is 1. The van der Waals surface area contributed by atoms with E-state index in [-0.39, 0.29) is 12.8 Å². The molecule has 19 heavy (non-hydrogen) atoms. The van der Waals surface area contributed by atoms with Crippen molar-refractivity contribution in [2.24, 2.45) is 0 Å². The van der Waals surface area contributed by atoms with Crippen LogP contribution in [0.4, 0.5) is 0 Å². The van der Waals surface area contributed by atoms with Crippen LogP contribution in [0.5, 0.6) is 5.75 Å². The molecule has 0 radical (unpaired) electrons. The number of ether oxygens (including phenoxy) is 3. The zero-order valence-corrected chi connectivity index (χ0v) is 11.0. The van der Waals surface area contributed by atoms with E-state index in [4.69, 9.17) is 14.2 Å². The van der Waals surface area contributed by atoms with Crippen molar-refractivity contribution in [3.05, 3.63) is 42.0 Å². The van der Waals surface area contributed by atoms with Crippen LogP contribution in [-0.4, -0.2) is 26.5 Å². The van der Waals surface area contributed by atoms with Gasteiger partial charge in [0, 0.05) is 7.11 Å². The lowest BCUT2D eigenvalue weighted by atomic mass is 10.1. The third kappa shape index (κ3) is 3.23. The van der Waals surface area contributed by atoms with Crippen LogP contribution in [0.2, 0.25) is 0 Å². The molecule has 0 heterocycles. The minimum atomic E-state index is -0.302. The van der Waals surface area contributed by atoms with E-state index in [1.54, 1.807) is 20.1 Å². The zero-order chi connectivity index (χ0) is 13.7. The molecule has 0 saturated carbocycles. The molecule has 4 heteroatoms. The van der Waals surface area contributed by atoms with Gasteiger partial charge >= 0.3 is 5.97 Å². The van der Waals surface area contributed by atoms with Gasteiger partial charge in [0.15, 0.2) is 6.79 Å². The van der Waals surface area contributed by atoms with Crippen molar-refractivity contribution in [1.29, 1.82) is 0 Å². The van der Waals surface area contributed by atoms with Crippen LogP contribution in [0.3, 0.4) is 0 Å². The average Bonchev–Trinajstić information content (AvgIpc) is 2.44. The lowest BCUT2D eigenvalue weighted by Gasteiger charge is -2.07. The van der Waals surface area contributed by atoms with Gasteiger partial charge in [-0.2, -0.15) is 0 Å². The SMILES string of the molecule is CCOC(=O)c1ccc2cc(OCOC)ccc2c1. The summed E-state index contributed by atoms with van der Waals surface area (Å²) in [6.07, 6.45) is 0. The van der Waals surface area contributed by atoms with E-state index in [1.807, 2.05) is 30.3 Å². The summed E-state index contributed by atoms with van der Waals surface area (Å²) in [6, 6.07) is 11.1. The summed E-state index contributed by atoms with van der Waals surface area (Å²) in [6.45, 7) is 2.38. The molecule has 0 aliphatic carbocycles. The monoisotopic (exact) mass is 260 g/mol. The molecular formula is C15H16O4. The van der Waals surface area contributed by atoms with Crippen LogP contribution >= 0.6 is 0 Å². The minimum absolute atomic E-state index is 0.215. The number of carbonyl (C=O) groups is 1. The van der Waals surface area contributed by atoms with Gasteiger partial charge in [-0.3, -0.25) is 0 Å². The fourth-order valence-corrected chi connectivity index (χ4v) is 1.78. The summed E-state index contributed by atoms with van der Waals surface area (Å²) in [7, 11) is 1.58. The first-order chi connectivity index (χ1) is 9.24. The average molecular weight is 260 g/mol. The summed E-state index contributed by atoms with van der Waals surface area (Å²) in [5, 5.41) is 1.97. The fourth-order valence-electron chi connectivity index (χ4n) is 1.78. The zero-order valence-electron chi connectivity index (χ0n) is 11.0. The summed E-state index contributed by atoms with van der Waals surface area (Å²) in [4.78, 5) is 11.6. The smallest absolute Gasteiger partial charge is 0.338 e. The van der Waals surface area contributed by atoms with E-state index in [1.165, 1.54) is 0 Å². The van der Waals surface area contributed by atoms with Crippen LogP contribution in [0.25, 0.3) is 10.8 Å². The largest absolute Gasteiger partial charge is 0.468 e. The number of methoxy groups -OCH3 is 1. The number of rotatable bonds is 5. The Labute approximate surface area is 111 Å². The molecule has 0 atom stereocenters. The molecule has 0 aromatic heterocycles. The highest BCUT2D eigenvalue weighted by molar-refractivity contribution is 5.95. The molecule has 4 nitrogen and oxygen atoms in total. The van der Waals surface area contributed by atoms with Gasteiger partial charge in [0.25, 0.3) is 0 Å². The van der Waals surface area contributed by atoms with Crippen LogP contribution in [0.15, 0.2) is 36.4 Å². The predicted molar refractivity (Wildman–Crippen MR) is 72.4 cm³/mol. The number of hydrogen-bond acceptors (Lipinski definition) is 4. The number of hydrogen-bond donors (Lipinski definition) is 0. The molecule has 2 aromatic rings. The fraction of sp³-hybridized carbons (Fsp3) is 0.267. The summed E-state index contributed by atoms with van der Waals surface area (Å²) in [5.41, 5.74) is 0.555. The van der Waals surface area contributed by atoms with Crippen molar-refractivity contribution in [2.75, 3.05) is 20.5 Å². The Morgan fingerprint density at radius 3 is 2.58 bits per heavy atom. The lowest BCUT2D eigenvalue weighted by Crippen LogP contribution is -2.04. The van der Waals surface area contributed by atoms with Gasteiger partial charge in [-0.15, -0.1) is 0 Å². The molecule has 0 amide bonds. The first-order valence-corrected chi connectivity index (χ1v) is 6.07. The first kappa shape index (κ1) is 13.4.